The molecule has 188 valence electrons. The summed E-state index contributed by atoms with van der Waals surface area (Å²) in [7, 11) is 1.57. The van der Waals surface area contributed by atoms with Gasteiger partial charge in [0, 0.05) is 49.4 Å². The molecule has 2 fully saturated rings. The summed E-state index contributed by atoms with van der Waals surface area (Å²) >= 11 is 0. The van der Waals surface area contributed by atoms with Crippen molar-refractivity contribution in [1.82, 2.24) is 20.5 Å². The Morgan fingerprint density at radius 3 is 2.56 bits per heavy atom. The van der Waals surface area contributed by atoms with Crippen LogP contribution in [-0.4, -0.2) is 66.4 Å². The number of para-hydroxylation sites is 1. The van der Waals surface area contributed by atoms with Crippen LogP contribution in [0.1, 0.15) is 36.8 Å². The number of aromatic nitrogens is 1. The maximum atomic E-state index is 13.2. The van der Waals surface area contributed by atoms with Gasteiger partial charge in [-0.05, 0) is 36.5 Å². The number of amides is 5. The number of nitrogens with zero attached hydrogens (tertiary/aromatic N) is 3. The zero-order valence-electron chi connectivity index (χ0n) is 20.2. The third-order valence-electron chi connectivity index (χ3n) is 7.47. The molecule has 36 heavy (non-hydrogen) atoms. The van der Waals surface area contributed by atoms with Crippen molar-refractivity contribution in [2.75, 3.05) is 31.6 Å². The summed E-state index contributed by atoms with van der Waals surface area (Å²) < 4.78 is 5.08. The average Bonchev–Trinajstić information content (AvgIpc) is 3.39. The van der Waals surface area contributed by atoms with Gasteiger partial charge in [0.2, 0.25) is 17.7 Å². The molecule has 1 atom stereocenters. The zero-order valence-corrected chi connectivity index (χ0v) is 20.2. The molecule has 2 N–H and O–H groups in total. The van der Waals surface area contributed by atoms with Crippen molar-refractivity contribution in [3.63, 3.8) is 0 Å². The fourth-order valence-electron chi connectivity index (χ4n) is 5.44. The Bertz CT molecular complexity index is 1190. The van der Waals surface area contributed by atoms with Gasteiger partial charge in [0.1, 0.15) is 6.04 Å². The molecule has 1 aromatic heterocycles. The Labute approximate surface area is 209 Å². The number of pyridine rings is 1. The number of methoxy groups -OCH3 is 1. The molecule has 3 aliphatic rings. The highest BCUT2D eigenvalue weighted by Crippen LogP contribution is 2.47. The Hall–Kier alpha value is -3.95. The molecule has 0 radical (unpaired) electrons. The number of ether oxygens (including phenoxy) is 1. The molecule has 5 rings (SSSR count). The maximum absolute atomic E-state index is 13.2. The topological polar surface area (TPSA) is 121 Å². The lowest BCUT2D eigenvalue weighted by molar-refractivity contribution is -0.132. The number of imide groups is 1. The molecule has 1 spiro atoms. The third kappa shape index (κ3) is 4.50. The van der Waals surface area contributed by atoms with Crippen molar-refractivity contribution in [2.45, 2.75) is 43.6 Å². The predicted molar refractivity (Wildman–Crippen MR) is 130 cm³/mol. The molecule has 4 heterocycles. The number of anilines is 1. The van der Waals surface area contributed by atoms with E-state index >= 15 is 0 Å². The van der Waals surface area contributed by atoms with Gasteiger partial charge in [-0.1, -0.05) is 24.3 Å². The minimum absolute atomic E-state index is 0.0905. The van der Waals surface area contributed by atoms with E-state index < -0.39 is 18.0 Å². The summed E-state index contributed by atoms with van der Waals surface area (Å²) in [6, 6.07) is 10.1. The van der Waals surface area contributed by atoms with E-state index in [0.29, 0.717) is 38.4 Å². The van der Waals surface area contributed by atoms with Gasteiger partial charge >= 0.3 is 6.03 Å². The van der Waals surface area contributed by atoms with Crippen LogP contribution in [0.15, 0.2) is 42.6 Å². The second-order valence-corrected chi connectivity index (χ2v) is 9.59. The first-order valence-corrected chi connectivity index (χ1v) is 12.2. The zero-order chi connectivity index (χ0) is 25.3. The smallest absolute Gasteiger partial charge is 0.322 e. The number of piperidine rings is 1. The van der Waals surface area contributed by atoms with E-state index in [-0.39, 0.29) is 23.7 Å². The SMILES string of the molecule is COc1ccc(CCC(=O)N2CCC3(CC2)CN(C(=O)CC2NC(=O)NC2=O)c2ccccc23)cn1. The van der Waals surface area contributed by atoms with Crippen molar-refractivity contribution in [3.05, 3.63) is 53.7 Å². The molecule has 2 saturated heterocycles. The van der Waals surface area contributed by atoms with Crippen LogP contribution < -0.4 is 20.3 Å². The minimum Gasteiger partial charge on any atom is -0.481 e. The van der Waals surface area contributed by atoms with Crippen LogP contribution in [0.4, 0.5) is 10.5 Å². The first-order valence-electron chi connectivity index (χ1n) is 12.2. The summed E-state index contributed by atoms with van der Waals surface area (Å²) in [5, 5.41) is 4.67. The second-order valence-electron chi connectivity index (χ2n) is 9.59. The number of fused-ring (bicyclic) bond motifs is 2. The van der Waals surface area contributed by atoms with E-state index in [1.54, 1.807) is 24.3 Å². The normalized spacial score (nSPS) is 20.2. The number of urea groups is 1. The molecule has 10 nitrogen and oxygen atoms in total. The number of hydrogen-bond donors (Lipinski definition) is 2. The van der Waals surface area contributed by atoms with E-state index in [1.807, 2.05) is 29.2 Å². The van der Waals surface area contributed by atoms with Crippen molar-refractivity contribution in [3.8, 4) is 5.88 Å². The van der Waals surface area contributed by atoms with Gasteiger partial charge in [0.25, 0.3) is 5.91 Å². The quantitative estimate of drug-likeness (QED) is 0.592. The van der Waals surface area contributed by atoms with E-state index in [2.05, 4.69) is 21.7 Å². The Morgan fingerprint density at radius 2 is 1.89 bits per heavy atom. The number of rotatable bonds is 6. The lowest BCUT2D eigenvalue weighted by atomic mass is 9.74. The number of hydrogen-bond acceptors (Lipinski definition) is 6. The standard InChI is InChI=1S/C26H29N5O5/c1-36-21-8-6-17(15-27-21)7-9-22(32)30-12-10-26(11-13-30)16-31(20-5-3-2-4-18(20)26)23(33)14-19-24(34)29-25(35)28-19/h2-6,8,15,19H,7,9-14,16H2,1H3,(H2,28,29,34,35). The molecule has 3 aliphatic heterocycles. The summed E-state index contributed by atoms with van der Waals surface area (Å²) in [5.74, 6) is -0.0176. The Morgan fingerprint density at radius 1 is 1.11 bits per heavy atom. The lowest BCUT2D eigenvalue weighted by Crippen LogP contribution is -2.48. The van der Waals surface area contributed by atoms with Crippen LogP contribution in [0.2, 0.25) is 0 Å². The minimum atomic E-state index is -0.853. The summed E-state index contributed by atoms with van der Waals surface area (Å²) in [6.45, 7) is 1.75. The first-order chi connectivity index (χ1) is 17.4. The fraction of sp³-hybridized carbons (Fsp3) is 0.423. The molecule has 5 amide bonds. The highest BCUT2D eigenvalue weighted by molar-refractivity contribution is 6.07. The van der Waals surface area contributed by atoms with E-state index in [4.69, 9.17) is 4.74 Å². The summed E-state index contributed by atoms with van der Waals surface area (Å²) in [4.78, 5) is 57.3. The number of likely N-dealkylation sites (tertiary alicyclic amines) is 1. The van der Waals surface area contributed by atoms with Crippen molar-refractivity contribution in [2.24, 2.45) is 0 Å². The number of aryl methyl sites for hydroxylation is 1. The number of carbonyl (C=O) groups is 4. The van der Waals surface area contributed by atoms with Gasteiger partial charge in [0.05, 0.1) is 13.5 Å². The number of nitrogens with one attached hydrogen (secondary N) is 2. The van der Waals surface area contributed by atoms with Crippen molar-refractivity contribution in [1.29, 1.82) is 0 Å². The monoisotopic (exact) mass is 491 g/mol. The molecule has 0 saturated carbocycles. The van der Waals surface area contributed by atoms with Crippen LogP contribution in [-0.2, 0) is 26.2 Å². The van der Waals surface area contributed by atoms with Crippen molar-refractivity contribution < 1.29 is 23.9 Å². The summed E-state index contributed by atoms with van der Waals surface area (Å²) in [6.07, 6.45) is 4.19. The maximum Gasteiger partial charge on any atom is 0.322 e. The van der Waals surface area contributed by atoms with Gasteiger partial charge < -0.3 is 19.9 Å². The van der Waals surface area contributed by atoms with Crippen LogP contribution in [0.3, 0.4) is 0 Å². The molecule has 1 aromatic carbocycles. The van der Waals surface area contributed by atoms with E-state index in [1.165, 1.54) is 0 Å². The van der Waals surface area contributed by atoms with Gasteiger partial charge in [-0.3, -0.25) is 19.7 Å². The third-order valence-corrected chi connectivity index (χ3v) is 7.47. The molecule has 1 unspecified atom stereocenters. The van der Waals surface area contributed by atoms with Crippen LogP contribution in [0, 0.1) is 0 Å². The molecular weight excluding hydrogens is 462 g/mol. The predicted octanol–water partition coefficient (Wildman–Crippen LogP) is 1.53. The Balaban J connectivity index is 1.22. The first kappa shape index (κ1) is 23.8. The van der Waals surface area contributed by atoms with E-state index in [0.717, 1.165) is 29.7 Å². The summed E-state index contributed by atoms with van der Waals surface area (Å²) in [5.41, 5.74) is 2.71. The number of carbonyl (C=O) groups excluding carboxylic acids is 4. The van der Waals surface area contributed by atoms with Crippen LogP contribution in [0.25, 0.3) is 0 Å². The number of benzene rings is 1. The molecule has 0 aliphatic carbocycles. The van der Waals surface area contributed by atoms with Crippen molar-refractivity contribution >= 4 is 29.4 Å². The van der Waals surface area contributed by atoms with Crippen LogP contribution in [0.5, 0.6) is 5.88 Å². The second kappa shape index (κ2) is 9.60. The van der Waals surface area contributed by atoms with E-state index in [9.17, 15) is 19.2 Å². The van der Waals surface area contributed by atoms with Gasteiger partial charge in [-0.2, -0.15) is 0 Å². The molecular formula is C26H29N5O5. The lowest BCUT2D eigenvalue weighted by Gasteiger charge is -2.40. The van der Waals surface area contributed by atoms with Crippen LogP contribution >= 0.6 is 0 Å². The highest BCUT2D eigenvalue weighted by Gasteiger charge is 2.47. The Kier molecular flexibility index (Phi) is 6.34. The molecule has 2 aromatic rings. The molecule has 0 bridgehead atoms. The largest absolute Gasteiger partial charge is 0.481 e. The van der Waals surface area contributed by atoms with Gasteiger partial charge in [-0.15, -0.1) is 0 Å². The molecule has 10 heteroatoms. The average molecular weight is 492 g/mol. The van der Waals surface area contributed by atoms with Gasteiger partial charge in [0.15, 0.2) is 0 Å². The fourth-order valence-corrected chi connectivity index (χ4v) is 5.44. The van der Waals surface area contributed by atoms with Gasteiger partial charge in [-0.25, -0.2) is 9.78 Å². The highest BCUT2D eigenvalue weighted by atomic mass is 16.5.